The highest BCUT2D eigenvalue weighted by atomic mass is 79.9. The summed E-state index contributed by atoms with van der Waals surface area (Å²) in [6, 6.07) is 1.66. The first-order valence-electron chi connectivity index (χ1n) is 7.37. The number of nitrogens with two attached hydrogens (primary N) is 1. The first-order valence-corrected chi connectivity index (χ1v) is 8.16. The summed E-state index contributed by atoms with van der Waals surface area (Å²) in [6.07, 6.45) is 5.27. The Kier molecular flexibility index (Phi) is 4.48. The predicted molar refractivity (Wildman–Crippen MR) is 90.8 cm³/mol. The quantitative estimate of drug-likeness (QED) is 0.783. The molecule has 8 heteroatoms. The lowest BCUT2D eigenvalue weighted by molar-refractivity contribution is 0.0951. The summed E-state index contributed by atoms with van der Waals surface area (Å²) >= 11 is 3.27. The predicted octanol–water partition coefficient (Wildman–Crippen LogP) is 2.31. The van der Waals surface area contributed by atoms with Gasteiger partial charge in [-0.25, -0.2) is 5.43 Å². The van der Waals surface area contributed by atoms with Crippen LogP contribution in [0.2, 0.25) is 0 Å². The fourth-order valence-corrected chi connectivity index (χ4v) is 3.10. The molecule has 124 valence electrons. The Balaban J connectivity index is 1.88. The third-order valence-corrected chi connectivity index (χ3v) is 4.24. The standard InChI is InChI=1S/C16H15BrN4O3/c1-8-13-11(3-2-4-12(13)24-14(8)15(18)22)20-21-16(23)9-5-10(17)7-19-6-9/h5-7H,2-4H2,1H3,(H2,18,22)(H,21,23)/b20-11+. The number of primary amides is 1. The van der Waals surface area contributed by atoms with Crippen LogP contribution in [-0.4, -0.2) is 22.5 Å². The minimum atomic E-state index is -0.606. The lowest BCUT2D eigenvalue weighted by atomic mass is 9.93. The fraction of sp³-hybridized carbons (Fsp3) is 0.250. The molecule has 0 unspecified atom stereocenters. The van der Waals surface area contributed by atoms with Crippen molar-refractivity contribution in [3.63, 3.8) is 0 Å². The third kappa shape index (κ3) is 3.09. The van der Waals surface area contributed by atoms with Gasteiger partial charge in [-0.2, -0.15) is 5.10 Å². The number of pyridine rings is 1. The summed E-state index contributed by atoms with van der Waals surface area (Å²) in [6.45, 7) is 1.77. The molecular formula is C16H15BrN4O3. The number of hydrogen-bond acceptors (Lipinski definition) is 5. The molecule has 3 N–H and O–H groups in total. The van der Waals surface area contributed by atoms with Crippen molar-refractivity contribution in [2.45, 2.75) is 26.2 Å². The fourth-order valence-electron chi connectivity index (χ4n) is 2.73. The van der Waals surface area contributed by atoms with Crippen LogP contribution in [0.25, 0.3) is 0 Å². The molecule has 0 saturated heterocycles. The number of hydrogen-bond donors (Lipinski definition) is 2. The Morgan fingerprint density at radius 3 is 2.88 bits per heavy atom. The number of nitrogens with zero attached hydrogens (tertiary/aromatic N) is 2. The zero-order valence-electron chi connectivity index (χ0n) is 12.9. The molecule has 0 bridgehead atoms. The highest BCUT2D eigenvalue weighted by Crippen LogP contribution is 2.29. The highest BCUT2D eigenvalue weighted by Gasteiger charge is 2.27. The zero-order chi connectivity index (χ0) is 17.3. The second kappa shape index (κ2) is 6.56. The van der Waals surface area contributed by atoms with Crippen LogP contribution in [0.3, 0.4) is 0 Å². The van der Waals surface area contributed by atoms with E-state index < -0.39 is 5.91 Å². The second-order valence-electron chi connectivity index (χ2n) is 5.46. The van der Waals surface area contributed by atoms with E-state index in [1.807, 2.05) is 0 Å². The maximum atomic E-state index is 12.2. The number of nitrogens with one attached hydrogen (secondary N) is 1. The molecule has 0 aromatic carbocycles. The minimum absolute atomic E-state index is 0.150. The lowest BCUT2D eigenvalue weighted by Gasteiger charge is -2.13. The molecule has 0 spiro atoms. The number of fused-ring (bicyclic) bond motifs is 1. The van der Waals surface area contributed by atoms with Crippen LogP contribution < -0.4 is 11.2 Å². The average molecular weight is 391 g/mol. The van der Waals surface area contributed by atoms with Crippen LogP contribution in [0.5, 0.6) is 0 Å². The van der Waals surface area contributed by atoms with Crippen molar-refractivity contribution in [3.8, 4) is 0 Å². The van der Waals surface area contributed by atoms with E-state index in [2.05, 4.69) is 31.4 Å². The Morgan fingerprint density at radius 1 is 1.38 bits per heavy atom. The largest absolute Gasteiger partial charge is 0.455 e. The Morgan fingerprint density at radius 2 is 2.17 bits per heavy atom. The number of amides is 2. The lowest BCUT2D eigenvalue weighted by Crippen LogP contribution is -2.22. The topological polar surface area (TPSA) is 111 Å². The number of aryl methyl sites for hydroxylation is 1. The molecule has 3 rings (SSSR count). The molecule has 1 aliphatic rings. The van der Waals surface area contributed by atoms with E-state index >= 15 is 0 Å². The maximum absolute atomic E-state index is 12.2. The second-order valence-corrected chi connectivity index (χ2v) is 6.38. The number of aromatic nitrogens is 1. The van der Waals surface area contributed by atoms with Crippen LogP contribution in [0, 0.1) is 6.92 Å². The van der Waals surface area contributed by atoms with Crippen molar-refractivity contribution < 1.29 is 14.0 Å². The van der Waals surface area contributed by atoms with Gasteiger partial charge in [0.15, 0.2) is 5.76 Å². The molecule has 2 aromatic heterocycles. The molecule has 1 aliphatic carbocycles. The molecule has 24 heavy (non-hydrogen) atoms. The normalized spacial score (nSPS) is 15.2. The van der Waals surface area contributed by atoms with Gasteiger partial charge in [0.1, 0.15) is 5.76 Å². The molecule has 2 aromatic rings. The van der Waals surface area contributed by atoms with Crippen molar-refractivity contribution >= 4 is 33.5 Å². The number of halogens is 1. The van der Waals surface area contributed by atoms with E-state index in [1.54, 1.807) is 19.2 Å². The van der Waals surface area contributed by atoms with E-state index in [9.17, 15) is 9.59 Å². The number of carbonyl (C=O) groups is 2. The molecule has 0 radical (unpaired) electrons. The van der Waals surface area contributed by atoms with Gasteiger partial charge >= 0.3 is 0 Å². The Bertz CT molecular complexity index is 857. The van der Waals surface area contributed by atoms with Gasteiger partial charge in [0.05, 0.1) is 11.3 Å². The Labute approximate surface area is 146 Å². The minimum Gasteiger partial charge on any atom is -0.455 e. The molecule has 7 nitrogen and oxygen atoms in total. The summed E-state index contributed by atoms with van der Waals surface area (Å²) < 4.78 is 6.26. The smallest absolute Gasteiger partial charge is 0.284 e. The summed E-state index contributed by atoms with van der Waals surface area (Å²) in [5.74, 6) is -0.132. The zero-order valence-corrected chi connectivity index (χ0v) is 14.5. The third-order valence-electron chi connectivity index (χ3n) is 3.81. The number of carbonyl (C=O) groups excluding carboxylic acids is 2. The van der Waals surface area contributed by atoms with Crippen LogP contribution in [0.4, 0.5) is 0 Å². The molecular weight excluding hydrogens is 376 g/mol. The van der Waals surface area contributed by atoms with Gasteiger partial charge in [-0.3, -0.25) is 14.6 Å². The van der Waals surface area contributed by atoms with E-state index in [4.69, 9.17) is 10.2 Å². The van der Waals surface area contributed by atoms with E-state index in [0.29, 0.717) is 39.9 Å². The van der Waals surface area contributed by atoms with E-state index in [0.717, 1.165) is 12.0 Å². The van der Waals surface area contributed by atoms with Crippen molar-refractivity contribution in [2.75, 3.05) is 0 Å². The van der Waals surface area contributed by atoms with Crippen LogP contribution in [-0.2, 0) is 6.42 Å². The maximum Gasteiger partial charge on any atom is 0.284 e. The summed E-state index contributed by atoms with van der Waals surface area (Å²) in [5.41, 5.74) is 10.4. The van der Waals surface area contributed by atoms with Gasteiger partial charge in [-0.1, -0.05) is 0 Å². The first-order chi connectivity index (χ1) is 11.5. The van der Waals surface area contributed by atoms with Gasteiger partial charge in [0.2, 0.25) is 0 Å². The molecule has 0 aliphatic heterocycles. The number of furan rings is 1. The molecule has 0 saturated carbocycles. The van der Waals surface area contributed by atoms with Gasteiger partial charge in [-0.15, -0.1) is 0 Å². The van der Waals surface area contributed by atoms with Crippen LogP contribution in [0.1, 0.15) is 50.6 Å². The van der Waals surface area contributed by atoms with Crippen molar-refractivity contribution in [3.05, 3.63) is 51.1 Å². The van der Waals surface area contributed by atoms with Crippen molar-refractivity contribution in [1.82, 2.24) is 10.4 Å². The number of hydrazone groups is 1. The van der Waals surface area contributed by atoms with Crippen molar-refractivity contribution in [1.29, 1.82) is 0 Å². The van der Waals surface area contributed by atoms with Crippen LogP contribution in [0.15, 0.2) is 32.5 Å². The van der Waals surface area contributed by atoms with Crippen molar-refractivity contribution in [2.24, 2.45) is 10.8 Å². The number of rotatable bonds is 3. The monoisotopic (exact) mass is 390 g/mol. The molecule has 0 atom stereocenters. The summed E-state index contributed by atoms with van der Waals surface area (Å²) in [5, 5.41) is 4.23. The SMILES string of the molecule is Cc1c(C(N)=O)oc2c1/C(=N/NC(=O)c1cncc(Br)c1)CCC2. The average Bonchev–Trinajstić information content (AvgIpc) is 2.90. The summed E-state index contributed by atoms with van der Waals surface area (Å²) in [7, 11) is 0. The van der Waals surface area contributed by atoms with Gasteiger partial charge < -0.3 is 10.2 Å². The van der Waals surface area contributed by atoms with Gasteiger partial charge in [0.25, 0.3) is 11.8 Å². The highest BCUT2D eigenvalue weighted by molar-refractivity contribution is 9.10. The van der Waals surface area contributed by atoms with E-state index in [-0.39, 0.29) is 11.7 Å². The van der Waals surface area contributed by atoms with Gasteiger partial charge in [0, 0.05) is 34.4 Å². The van der Waals surface area contributed by atoms with Crippen LogP contribution >= 0.6 is 15.9 Å². The van der Waals surface area contributed by atoms with E-state index in [1.165, 1.54) is 6.20 Å². The first kappa shape index (κ1) is 16.4. The Hall–Kier alpha value is -2.48. The molecule has 2 amide bonds. The van der Waals surface area contributed by atoms with Gasteiger partial charge in [-0.05, 0) is 41.8 Å². The molecule has 0 fully saturated rings. The summed E-state index contributed by atoms with van der Waals surface area (Å²) in [4.78, 5) is 27.6. The molecule has 2 heterocycles.